The van der Waals surface area contributed by atoms with E-state index in [1.807, 2.05) is 30.3 Å². The lowest BCUT2D eigenvalue weighted by molar-refractivity contribution is -0.384. The average Bonchev–Trinajstić information content (AvgIpc) is 3.05. The summed E-state index contributed by atoms with van der Waals surface area (Å²) in [7, 11) is 4.19. The molecule has 1 heterocycles. The molecular weight excluding hydrogens is 370 g/mol. The zero-order valence-corrected chi connectivity index (χ0v) is 15.4. The molecule has 0 spiro atoms. The number of hydrogen-bond donors (Lipinski definition) is 0. The molecule has 126 valence electrons. The van der Waals surface area contributed by atoms with E-state index in [4.69, 9.17) is 0 Å². The van der Waals surface area contributed by atoms with Crippen molar-refractivity contribution < 1.29 is 4.92 Å². The number of non-ortho nitro benzene ring substituents is 1. The second-order valence-electron chi connectivity index (χ2n) is 6.29. The molecule has 0 unspecified atom stereocenters. The van der Waals surface area contributed by atoms with Gasteiger partial charge >= 0.3 is 0 Å². The number of rotatable bonds is 4. The molecule has 0 N–H and O–H groups in total. The van der Waals surface area contributed by atoms with Crippen LogP contribution in [-0.4, -0.2) is 43.0 Å². The van der Waals surface area contributed by atoms with Gasteiger partial charge in [-0.25, -0.2) is 0 Å². The van der Waals surface area contributed by atoms with Gasteiger partial charge in [0.1, 0.15) is 0 Å². The number of nitrogens with zero attached hydrogens (tertiary/aromatic N) is 3. The minimum absolute atomic E-state index is 0.118. The van der Waals surface area contributed by atoms with Gasteiger partial charge in [0, 0.05) is 47.0 Å². The molecular formula is C18H20BrN3O2. The quantitative estimate of drug-likeness (QED) is 0.581. The highest BCUT2D eigenvalue weighted by Crippen LogP contribution is 2.39. The molecule has 1 aliphatic rings. The van der Waals surface area contributed by atoms with Gasteiger partial charge in [-0.3, -0.25) is 10.1 Å². The lowest BCUT2D eigenvalue weighted by atomic mass is 10.0. The molecule has 0 saturated carbocycles. The van der Waals surface area contributed by atoms with E-state index < -0.39 is 0 Å². The van der Waals surface area contributed by atoms with E-state index >= 15 is 0 Å². The molecule has 3 rings (SSSR count). The molecule has 0 aromatic heterocycles. The first-order valence-corrected chi connectivity index (χ1v) is 8.71. The van der Waals surface area contributed by atoms with Gasteiger partial charge in [-0.1, -0.05) is 34.1 Å². The van der Waals surface area contributed by atoms with Crippen LogP contribution in [0.25, 0.3) is 11.1 Å². The highest BCUT2D eigenvalue weighted by Gasteiger charge is 2.27. The summed E-state index contributed by atoms with van der Waals surface area (Å²) in [4.78, 5) is 15.4. The van der Waals surface area contributed by atoms with Gasteiger partial charge < -0.3 is 9.80 Å². The molecule has 1 saturated heterocycles. The smallest absolute Gasteiger partial charge is 0.270 e. The molecule has 24 heavy (non-hydrogen) atoms. The van der Waals surface area contributed by atoms with Crippen LogP contribution >= 0.6 is 15.9 Å². The van der Waals surface area contributed by atoms with Crippen molar-refractivity contribution >= 4 is 27.3 Å². The Morgan fingerprint density at radius 3 is 2.58 bits per heavy atom. The minimum atomic E-state index is -0.337. The first-order chi connectivity index (χ1) is 11.5. The van der Waals surface area contributed by atoms with Crippen molar-refractivity contribution in [2.24, 2.45) is 0 Å². The third-order valence-electron chi connectivity index (χ3n) is 4.59. The van der Waals surface area contributed by atoms with Crippen molar-refractivity contribution in [2.45, 2.75) is 12.5 Å². The van der Waals surface area contributed by atoms with Crippen LogP contribution in [0, 0.1) is 10.1 Å². The van der Waals surface area contributed by atoms with Gasteiger partial charge in [0.2, 0.25) is 0 Å². The van der Waals surface area contributed by atoms with E-state index in [1.54, 1.807) is 12.1 Å². The van der Waals surface area contributed by atoms with Gasteiger partial charge in [-0.2, -0.15) is 0 Å². The highest BCUT2D eigenvalue weighted by atomic mass is 79.9. The van der Waals surface area contributed by atoms with Crippen LogP contribution in [0.15, 0.2) is 46.9 Å². The molecule has 0 bridgehead atoms. The largest absolute Gasteiger partial charge is 0.369 e. The first kappa shape index (κ1) is 16.9. The Hall–Kier alpha value is -1.92. The summed E-state index contributed by atoms with van der Waals surface area (Å²) < 4.78 is 0.940. The maximum atomic E-state index is 11.2. The van der Waals surface area contributed by atoms with Crippen molar-refractivity contribution in [3.63, 3.8) is 0 Å². The van der Waals surface area contributed by atoms with E-state index in [9.17, 15) is 10.1 Å². The van der Waals surface area contributed by atoms with Crippen molar-refractivity contribution in [1.82, 2.24) is 4.90 Å². The fourth-order valence-corrected chi connectivity index (χ4v) is 3.69. The number of anilines is 1. The lowest BCUT2D eigenvalue weighted by Gasteiger charge is -2.24. The fourth-order valence-electron chi connectivity index (χ4n) is 3.19. The van der Waals surface area contributed by atoms with Crippen LogP contribution in [0.5, 0.6) is 0 Å². The number of nitro benzene ring substituents is 1. The van der Waals surface area contributed by atoms with E-state index in [1.165, 1.54) is 0 Å². The number of hydrogen-bond acceptors (Lipinski definition) is 4. The van der Waals surface area contributed by atoms with Gasteiger partial charge in [-0.05, 0) is 38.2 Å². The Morgan fingerprint density at radius 2 is 1.96 bits per heavy atom. The van der Waals surface area contributed by atoms with Crippen LogP contribution in [0.3, 0.4) is 0 Å². The Bertz CT molecular complexity index is 764. The molecule has 6 heteroatoms. The van der Waals surface area contributed by atoms with Crippen LogP contribution in [-0.2, 0) is 0 Å². The number of halogens is 1. The number of nitro groups is 1. The van der Waals surface area contributed by atoms with Crippen molar-refractivity contribution in [1.29, 1.82) is 0 Å². The Balaban J connectivity index is 2.06. The van der Waals surface area contributed by atoms with Gasteiger partial charge in [0.05, 0.1) is 4.92 Å². The van der Waals surface area contributed by atoms with E-state index in [2.05, 4.69) is 39.8 Å². The molecule has 2 aromatic carbocycles. The molecule has 0 aliphatic carbocycles. The summed E-state index contributed by atoms with van der Waals surface area (Å²) in [6, 6.07) is 13.5. The van der Waals surface area contributed by atoms with Crippen molar-refractivity contribution in [3.8, 4) is 11.1 Å². The topological polar surface area (TPSA) is 49.6 Å². The Kier molecular flexibility index (Phi) is 4.87. The fraction of sp³-hybridized carbons (Fsp3) is 0.333. The van der Waals surface area contributed by atoms with E-state index in [-0.39, 0.29) is 10.6 Å². The first-order valence-electron chi connectivity index (χ1n) is 7.92. The highest BCUT2D eigenvalue weighted by molar-refractivity contribution is 9.10. The molecule has 1 atom stereocenters. The van der Waals surface area contributed by atoms with E-state index in [0.29, 0.717) is 6.04 Å². The molecule has 5 nitrogen and oxygen atoms in total. The zero-order valence-electron chi connectivity index (χ0n) is 13.8. The lowest BCUT2D eigenvalue weighted by Crippen LogP contribution is -2.31. The summed E-state index contributed by atoms with van der Waals surface area (Å²) in [5.74, 6) is 0. The molecule has 1 fully saturated rings. The normalized spacial score (nSPS) is 17.5. The SMILES string of the molecule is CN(C)[C@@H]1CCN(c2ccc([N+](=O)[O-])cc2-c2ccccc2Br)C1. The van der Waals surface area contributed by atoms with Crippen LogP contribution in [0.4, 0.5) is 11.4 Å². The zero-order chi connectivity index (χ0) is 17.3. The summed E-state index contributed by atoms with van der Waals surface area (Å²) in [5, 5.41) is 11.2. The van der Waals surface area contributed by atoms with Gasteiger partial charge in [-0.15, -0.1) is 0 Å². The van der Waals surface area contributed by atoms with Crippen LogP contribution < -0.4 is 4.90 Å². The molecule has 0 amide bonds. The second kappa shape index (κ2) is 6.91. The van der Waals surface area contributed by atoms with Crippen molar-refractivity contribution in [3.05, 3.63) is 57.1 Å². The maximum absolute atomic E-state index is 11.2. The Morgan fingerprint density at radius 1 is 1.21 bits per heavy atom. The number of likely N-dealkylation sites (N-methyl/N-ethyl adjacent to an activating group) is 1. The maximum Gasteiger partial charge on any atom is 0.270 e. The second-order valence-corrected chi connectivity index (χ2v) is 7.14. The molecule has 2 aromatic rings. The third kappa shape index (κ3) is 3.30. The number of benzene rings is 2. The van der Waals surface area contributed by atoms with Crippen LogP contribution in [0.1, 0.15) is 6.42 Å². The van der Waals surface area contributed by atoms with Crippen LogP contribution in [0.2, 0.25) is 0 Å². The predicted molar refractivity (Wildman–Crippen MR) is 101 cm³/mol. The monoisotopic (exact) mass is 389 g/mol. The van der Waals surface area contributed by atoms with E-state index in [0.717, 1.165) is 40.8 Å². The average molecular weight is 390 g/mol. The summed E-state index contributed by atoms with van der Waals surface area (Å²) in [5.41, 5.74) is 3.05. The predicted octanol–water partition coefficient (Wildman–Crippen LogP) is 4.16. The van der Waals surface area contributed by atoms with Gasteiger partial charge in [0.15, 0.2) is 0 Å². The summed E-state index contributed by atoms with van der Waals surface area (Å²) in [6.45, 7) is 1.89. The van der Waals surface area contributed by atoms with Gasteiger partial charge in [0.25, 0.3) is 5.69 Å². The minimum Gasteiger partial charge on any atom is -0.369 e. The third-order valence-corrected chi connectivity index (χ3v) is 5.28. The summed E-state index contributed by atoms with van der Waals surface area (Å²) >= 11 is 3.58. The summed E-state index contributed by atoms with van der Waals surface area (Å²) in [6.07, 6.45) is 1.10. The standard InChI is InChI=1S/C18H20BrN3O2/c1-20(2)14-9-10-21(12-14)18-8-7-13(22(23)24)11-16(18)15-5-3-4-6-17(15)19/h3-8,11,14H,9-10,12H2,1-2H3/t14-/m1/s1. The molecule has 0 radical (unpaired) electrons. The Labute approximate surface area is 150 Å². The van der Waals surface area contributed by atoms with Crippen molar-refractivity contribution in [2.75, 3.05) is 32.1 Å². The molecule has 1 aliphatic heterocycles.